The van der Waals surface area contributed by atoms with E-state index in [1.54, 1.807) is 12.3 Å². The molecule has 0 unspecified atom stereocenters. The van der Waals surface area contributed by atoms with Crippen LogP contribution in [0.4, 0.5) is 17.6 Å². The lowest BCUT2D eigenvalue weighted by molar-refractivity contribution is -0.0457. The Morgan fingerprint density at radius 1 is 1.03 bits per heavy atom. The van der Waals surface area contributed by atoms with Crippen LogP contribution in [-0.4, -0.2) is 33.2 Å². The number of aromatic nitrogens is 2. The Labute approximate surface area is 195 Å². The minimum absolute atomic E-state index is 0.0780. The van der Waals surface area contributed by atoms with Gasteiger partial charge in [-0.25, -0.2) is 22.5 Å². The van der Waals surface area contributed by atoms with Crippen molar-refractivity contribution in [3.8, 4) is 0 Å². The molecule has 0 saturated heterocycles. The van der Waals surface area contributed by atoms with Crippen LogP contribution in [0.15, 0.2) is 12.3 Å². The molecule has 0 bridgehead atoms. The van der Waals surface area contributed by atoms with E-state index in [2.05, 4.69) is 5.32 Å². The molecule has 3 saturated carbocycles. The summed E-state index contributed by atoms with van der Waals surface area (Å²) < 4.78 is 55.9. The number of nitrogens with zero attached hydrogens (tertiary/aromatic N) is 2. The zero-order valence-electron chi connectivity index (χ0n) is 18.4. The standard InChI is InChI=1S/C24H28ClF4N3O/c25-18-13-32-19(11-14-3-7-23(26,27)8-4-14)21(15-1-2-15)31-20(32)12-17(18)22(33)30-16-5-9-24(28,29)10-6-16/h12-16H,1-11H2,(H,30,33). The molecule has 180 valence electrons. The largest absolute Gasteiger partial charge is 0.349 e. The molecule has 0 radical (unpaired) electrons. The Morgan fingerprint density at radius 3 is 2.24 bits per heavy atom. The van der Waals surface area contributed by atoms with Gasteiger partial charge >= 0.3 is 0 Å². The highest BCUT2D eigenvalue weighted by atomic mass is 35.5. The quantitative estimate of drug-likeness (QED) is 0.489. The first-order chi connectivity index (χ1) is 15.6. The van der Waals surface area contributed by atoms with Crippen LogP contribution in [0.3, 0.4) is 0 Å². The van der Waals surface area contributed by atoms with Gasteiger partial charge in [-0.05, 0) is 56.9 Å². The van der Waals surface area contributed by atoms with E-state index >= 15 is 0 Å². The summed E-state index contributed by atoms with van der Waals surface area (Å²) in [5.41, 5.74) is 2.87. The molecule has 2 heterocycles. The van der Waals surface area contributed by atoms with E-state index in [0.717, 1.165) is 24.2 Å². The van der Waals surface area contributed by atoms with Gasteiger partial charge < -0.3 is 9.72 Å². The number of hydrogen-bond donors (Lipinski definition) is 1. The first-order valence-electron chi connectivity index (χ1n) is 11.9. The second-order valence-electron chi connectivity index (χ2n) is 10.1. The van der Waals surface area contributed by atoms with E-state index in [-0.39, 0.29) is 67.0 Å². The first-order valence-corrected chi connectivity index (χ1v) is 12.2. The third-order valence-corrected chi connectivity index (χ3v) is 7.72. The van der Waals surface area contributed by atoms with Crippen molar-refractivity contribution < 1.29 is 22.4 Å². The van der Waals surface area contributed by atoms with Gasteiger partial charge in [0.2, 0.25) is 11.8 Å². The van der Waals surface area contributed by atoms with Crippen LogP contribution < -0.4 is 5.32 Å². The number of carbonyl (C=O) groups excluding carboxylic acids is 1. The number of imidazole rings is 1. The normalized spacial score (nSPS) is 23.7. The van der Waals surface area contributed by atoms with Gasteiger partial charge in [0.25, 0.3) is 5.91 Å². The fourth-order valence-corrected chi connectivity index (χ4v) is 5.45. The number of hydrogen-bond acceptors (Lipinski definition) is 2. The van der Waals surface area contributed by atoms with Crippen molar-refractivity contribution in [2.24, 2.45) is 5.92 Å². The summed E-state index contributed by atoms with van der Waals surface area (Å²) in [7, 11) is 0. The van der Waals surface area contributed by atoms with Crippen molar-refractivity contribution in [2.75, 3.05) is 0 Å². The summed E-state index contributed by atoms with van der Waals surface area (Å²) in [6.07, 6.45) is 5.28. The highest BCUT2D eigenvalue weighted by molar-refractivity contribution is 6.33. The van der Waals surface area contributed by atoms with Crippen molar-refractivity contribution in [1.82, 2.24) is 14.7 Å². The van der Waals surface area contributed by atoms with Crippen molar-refractivity contribution >= 4 is 23.2 Å². The Kier molecular flexibility index (Phi) is 5.86. The molecular formula is C24H28ClF4N3O. The maximum absolute atomic E-state index is 13.6. The van der Waals surface area contributed by atoms with Crippen LogP contribution >= 0.6 is 11.6 Å². The highest BCUT2D eigenvalue weighted by Crippen LogP contribution is 2.44. The first kappa shape index (κ1) is 22.9. The summed E-state index contributed by atoms with van der Waals surface area (Å²) in [6.45, 7) is 0. The van der Waals surface area contributed by atoms with Crippen LogP contribution in [0.2, 0.25) is 5.02 Å². The molecular weight excluding hydrogens is 458 g/mol. The van der Waals surface area contributed by atoms with Crippen molar-refractivity contribution in [3.05, 3.63) is 34.2 Å². The Balaban J connectivity index is 1.37. The molecule has 0 spiro atoms. The van der Waals surface area contributed by atoms with Gasteiger partial charge in [0, 0.05) is 49.5 Å². The molecule has 3 aliphatic carbocycles. The van der Waals surface area contributed by atoms with Crippen molar-refractivity contribution in [3.63, 3.8) is 0 Å². The molecule has 0 atom stereocenters. The molecule has 1 amide bonds. The number of rotatable bonds is 5. The van der Waals surface area contributed by atoms with E-state index in [0.29, 0.717) is 30.8 Å². The van der Waals surface area contributed by atoms with Gasteiger partial charge in [-0.3, -0.25) is 4.79 Å². The van der Waals surface area contributed by atoms with Crippen LogP contribution in [0, 0.1) is 5.92 Å². The fraction of sp³-hybridized carbons (Fsp3) is 0.667. The molecule has 33 heavy (non-hydrogen) atoms. The third kappa shape index (κ3) is 5.00. The Hall–Kier alpha value is -1.83. The molecule has 2 aromatic heterocycles. The second kappa shape index (κ2) is 8.43. The van der Waals surface area contributed by atoms with E-state index in [1.165, 1.54) is 0 Å². The summed E-state index contributed by atoms with van der Waals surface area (Å²) >= 11 is 6.49. The topological polar surface area (TPSA) is 46.4 Å². The number of carbonyl (C=O) groups is 1. The van der Waals surface area contributed by atoms with Gasteiger partial charge in [-0.15, -0.1) is 0 Å². The maximum atomic E-state index is 13.6. The summed E-state index contributed by atoms with van der Waals surface area (Å²) in [4.78, 5) is 17.7. The molecule has 5 rings (SSSR count). The minimum Gasteiger partial charge on any atom is -0.349 e. The van der Waals surface area contributed by atoms with Crippen molar-refractivity contribution in [1.29, 1.82) is 0 Å². The van der Waals surface area contributed by atoms with E-state index < -0.39 is 11.8 Å². The molecule has 0 aliphatic heterocycles. The van der Waals surface area contributed by atoms with Gasteiger partial charge in [-0.1, -0.05) is 11.6 Å². The average Bonchev–Trinajstić information content (AvgIpc) is 3.54. The third-order valence-electron chi connectivity index (χ3n) is 7.42. The SMILES string of the molecule is O=C(NC1CCC(F)(F)CC1)c1cc2nc(C3CC3)c(CC3CCC(F)(F)CC3)n2cc1Cl. The minimum atomic E-state index is -2.66. The second-order valence-corrected chi connectivity index (χ2v) is 10.5. The molecule has 2 aromatic rings. The number of nitrogens with one attached hydrogen (secondary N) is 1. The van der Waals surface area contributed by atoms with Crippen LogP contribution in [0.1, 0.15) is 91.9 Å². The number of halogens is 5. The Morgan fingerprint density at radius 2 is 1.64 bits per heavy atom. The average molecular weight is 486 g/mol. The fourth-order valence-electron chi connectivity index (χ4n) is 5.22. The maximum Gasteiger partial charge on any atom is 0.253 e. The summed E-state index contributed by atoms with van der Waals surface area (Å²) in [6, 6.07) is 1.35. The number of fused-ring (bicyclic) bond motifs is 1. The lowest BCUT2D eigenvalue weighted by Crippen LogP contribution is -2.40. The van der Waals surface area contributed by atoms with Gasteiger partial charge in [0.15, 0.2) is 0 Å². The molecule has 0 aromatic carbocycles. The monoisotopic (exact) mass is 485 g/mol. The zero-order chi connectivity index (χ0) is 23.4. The number of pyridine rings is 1. The summed E-state index contributed by atoms with van der Waals surface area (Å²) in [5.74, 6) is -5.06. The molecule has 4 nitrogen and oxygen atoms in total. The summed E-state index contributed by atoms with van der Waals surface area (Å²) in [5, 5.41) is 3.10. The van der Waals surface area contributed by atoms with E-state index in [9.17, 15) is 22.4 Å². The predicted molar refractivity (Wildman–Crippen MR) is 117 cm³/mol. The number of amides is 1. The molecule has 3 aliphatic rings. The lowest BCUT2D eigenvalue weighted by atomic mass is 9.83. The highest BCUT2D eigenvalue weighted by Gasteiger charge is 2.38. The van der Waals surface area contributed by atoms with Gasteiger partial charge in [0.05, 0.1) is 16.3 Å². The molecule has 9 heteroatoms. The Bertz CT molecular complexity index is 1050. The lowest BCUT2D eigenvalue weighted by Gasteiger charge is -2.29. The van der Waals surface area contributed by atoms with Gasteiger partial charge in [-0.2, -0.15) is 0 Å². The molecule has 3 fully saturated rings. The van der Waals surface area contributed by atoms with Crippen LogP contribution in [-0.2, 0) is 6.42 Å². The molecule has 1 N–H and O–H groups in total. The smallest absolute Gasteiger partial charge is 0.253 e. The van der Waals surface area contributed by atoms with E-state index in [4.69, 9.17) is 16.6 Å². The van der Waals surface area contributed by atoms with E-state index in [1.807, 2.05) is 4.40 Å². The zero-order valence-corrected chi connectivity index (χ0v) is 19.1. The van der Waals surface area contributed by atoms with Gasteiger partial charge in [0.1, 0.15) is 5.65 Å². The van der Waals surface area contributed by atoms with Crippen molar-refractivity contribution in [2.45, 2.75) is 94.4 Å². The predicted octanol–water partition coefficient (Wildman–Crippen LogP) is 6.54. The van der Waals surface area contributed by atoms with Crippen LogP contribution in [0.25, 0.3) is 5.65 Å². The number of alkyl halides is 4. The van der Waals surface area contributed by atoms with Crippen LogP contribution in [0.5, 0.6) is 0 Å².